The van der Waals surface area contributed by atoms with Crippen LogP contribution in [-0.4, -0.2) is 11.8 Å². The molecule has 0 spiro atoms. The molecule has 1 aromatic heterocycles. The summed E-state index contributed by atoms with van der Waals surface area (Å²) in [7, 11) is 0. The minimum absolute atomic E-state index is 0.105. The monoisotopic (exact) mass is 424 g/mol. The van der Waals surface area contributed by atoms with Crippen LogP contribution in [0.2, 0.25) is 0 Å². The van der Waals surface area contributed by atoms with E-state index < -0.39 is 5.91 Å². The molecular weight excluding hydrogens is 408 g/mol. The molecule has 0 fully saturated rings. The highest BCUT2D eigenvalue weighted by atomic mass is 79.9. The highest BCUT2D eigenvalue weighted by Gasteiger charge is 2.15. The van der Waals surface area contributed by atoms with Gasteiger partial charge in [0.1, 0.15) is 11.5 Å². The van der Waals surface area contributed by atoms with Gasteiger partial charge in [-0.3, -0.25) is 9.59 Å². The first-order valence-electron chi connectivity index (χ1n) is 8.26. The van der Waals surface area contributed by atoms with Crippen LogP contribution in [0.3, 0.4) is 0 Å². The molecule has 3 aromatic rings. The van der Waals surface area contributed by atoms with Crippen molar-refractivity contribution in [3.05, 3.63) is 100 Å². The zero-order valence-corrected chi connectivity index (χ0v) is 15.9. The van der Waals surface area contributed by atoms with Gasteiger partial charge in [-0.15, -0.1) is 0 Å². The van der Waals surface area contributed by atoms with Crippen LogP contribution in [0.4, 0.5) is 0 Å². The average Bonchev–Trinajstić information content (AvgIpc) is 3.20. The Morgan fingerprint density at radius 2 is 1.70 bits per heavy atom. The lowest BCUT2D eigenvalue weighted by Crippen LogP contribution is -2.34. The molecule has 0 unspecified atom stereocenters. The molecule has 27 heavy (non-hydrogen) atoms. The third-order valence-corrected chi connectivity index (χ3v) is 4.25. The molecule has 5 nitrogen and oxygen atoms in total. The van der Waals surface area contributed by atoms with Crippen LogP contribution in [0, 0.1) is 0 Å². The Labute approximate surface area is 165 Å². The van der Waals surface area contributed by atoms with Crippen LogP contribution in [0.15, 0.2) is 87.6 Å². The maximum Gasteiger partial charge on any atom is 0.268 e. The zero-order valence-electron chi connectivity index (χ0n) is 14.3. The third-order valence-electron chi connectivity index (χ3n) is 3.72. The molecule has 2 aromatic carbocycles. The smallest absolute Gasteiger partial charge is 0.268 e. The van der Waals surface area contributed by atoms with E-state index in [0.717, 1.165) is 10.0 Å². The van der Waals surface area contributed by atoms with Crippen molar-refractivity contribution in [2.75, 3.05) is 0 Å². The first-order chi connectivity index (χ1) is 13.1. The Balaban J connectivity index is 1.75. The number of nitrogens with one attached hydrogen (secondary N) is 2. The number of carbonyl (C=O) groups is 2. The molecule has 2 N–H and O–H groups in total. The largest absolute Gasteiger partial charge is 0.465 e. The Kier molecular flexibility index (Phi) is 6.22. The predicted molar refractivity (Wildman–Crippen MR) is 107 cm³/mol. The number of hydrogen-bond acceptors (Lipinski definition) is 3. The molecule has 0 radical (unpaired) electrons. The molecule has 1 heterocycles. The molecule has 3 rings (SSSR count). The maximum atomic E-state index is 12.6. The summed E-state index contributed by atoms with van der Waals surface area (Å²) in [6.45, 7) is 0.351. The highest BCUT2D eigenvalue weighted by molar-refractivity contribution is 9.10. The Morgan fingerprint density at radius 3 is 2.37 bits per heavy atom. The van der Waals surface area contributed by atoms with Gasteiger partial charge in [0.15, 0.2) is 0 Å². The van der Waals surface area contributed by atoms with Crippen molar-refractivity contribution in [1.29, 1.82) is 0 Å². The highest BCUT2D eigenvalue weighted by Crippen LogP contribution is 2.12. The van der Waals surface area contributed by atoms with Crippen molar-refractivity contribution in [1.82, 2.24) is 10.6 Å². The minimum Gasteiger partial charge on any atom is -0.465 e. The second-order valence-electron chi connectivity index (χ2n) is 5.70. The van der Waals surface area contributed by atoms with E-state index >= 15 is 0 Å². The van der Waals surface area contributed by atoms with Crippen LogP contribution in [0.1, 0.15) is 21.7 Å². The average molecular weight is 425 g/mol. The quantitative estimate of drug-likeness (QED) is 0.584. The molecular formula is C21H17BrN2O3. The lowest BCUT2D eigenvalue weighted by molar-refractivity contribution is -0.117. The number of hydrogen-bond donors (Lipinski definition) is 2. The number of furan rings is 1. The van der Waals surface area contributed by atoms with Gasteiger partial charge in [-0.25, -0.2) is 0 Å². The molecule has 2 amide bonds. The summed E-state index contributed by atoms with van der Waals surface area (Å²) in [5, 5.41) is 5.47. The van der Waals surface area contributed by atoms with Gasteiger partial charge in [-0.2, -0.15) is 0 Å². The topological polar surface area (TPSA) is 71.3 Å². The Bertz CT molecular complexity index is 933. The first kappa shape index (κ1) is 18.7. The van der Waals surface area contributed by atoms with E-state index in [1.165, 1.54) is 12.3 Å². The van der Waals surface area contributed by atoms with E-state index in [2.05, 4.69) is 26.6 Å². The van der Waals surface area contributed by atoms with Crippen LogP contribution >= 0.6 is 15.9 Å². The second-order valence-corrected chi connectivity index (χ2v) is 6.62. The molecule has 0 aliphatic heterocycles. The maximum absolute atomic E-state index is 12.6. The summed E-state index contributed by atoms with van der Waals surface area (Å²) in [5.74, 6) is -0.313. The third kappa shape index (κ3) is 5.43. The van der Waals surface area contributed by atoms with Gasteiger partial charge in [0.05, 0.1) is 6.26 Å². The van der Waals surface area contributed by atoms with E-state index in [1.54, 1.807) is 36.4 Å². The SMILES string of the molecule is O=C(NCc1ccccc1)/C(=C\c1ccco1)NC(=O)c1ccc(Br)cc1. The summed E-state index contributed by atoms with van der Waals surface area (Å²) in [6, 6.07) is 19.8. The summed E-state index contributed by atoms with van der Waals surface area (Å²) in [5.41, 5.74) is 1.51. The molecule has 0 saturated carbocycles. The fourth-order valence-electron chi connectivity index (χ4n) is 2.34. The Morgan fingerprint density at radius 1 is 0.963 bits per heavy atom. The van der Waals surface area contributed by atoms with Crippen molar-refractivity contribution < 1.29 is 14.0 Å². The van der Waals surface area contributed by atoms with Crippen LogP contribution in [0.25, 0.3) is 6.08 Å². The molecule has 136 valence electrons. The lowest BCUT2D eigenvalue weighted by Gasteiger charge is -2.11. The molecule has 6 heteroatoms. The van der Waals surface area contributed by atoms with E-state index in [4.69, 9.17) is 4.42 Å². The van der Waals surface area contributed by atoms with Gasteiger partial charge in [0.2, 0.25) is 0 Å². The minimum atomic E-state index is -0.402. The number of carbonyl (C=O) groups excluding carboxylic acids is 2. The standard InChI is InChI=1S/C21H17BrN2O3/c22-17-10-8-16(9-11-17)20(25)24-19(13-18-7-4-12-27-18)21(26)23-14-15-5-2-1-3-6-15/h1-13H,14H2,(H,23,26)(H,24,25)/b19-13+. The van der Waals surface area contributed by atoms with Crippen LogP contribution in [-0.2, 0) is 11.3 Å². The van der Waals surface area contributed by atoms with E-state index in [9.17, 15) is 9.59 Å². The van der Waals surface area contributed by atoms with Crippen molar-refractivity contribution in [2.45, 2.75) is 6.54 Å². The van der Waals surface area contributed by atoms with Crippen molar-refractivity contribution in [3.8, 4) is 0 Å². The first-order valence-corrected chi connectivity index (χ1v) is 9.05. The van der Waals surface area contributed by atoms with Gasteiger partial charge in [-0.1, -0.05) is 46.3 Å². The predicted octanol–water partition coefficient (Wildman–Crippen LogP) is 4.13. The fourth-order valence-corrected chi connectivity index (χ4v) is 2.61. The van der Waals surface area contributed by atoms with Crippen LogP contribution < -0.4 is 10.6 Å². The van der Waals surface area contributed by atoms with Crippen LogP contribution in [0.5, 0.6) is 0 Å². The molecule has 0 aliphatic rings. The normalized spacial score (nSPS) is 11.1. The summed E-state index contributed by atoms with van der Waals surface area (Å²) < 4.78 is 6.13. The van der Waals surface area contributed by atoms with Crippen molar-refractivity contribution in [2.24, 2.45) is 0 Å². The summed E-state index contributed by atoms with van der Waals surface area (Å²) >= 11 is 3.33. The second kappa shape index (κ2) is 9.00. The molecule has 0 bridgehead atoms. The molecule has 0 saturated heterocycles. The van der Waals surface area contributed by atoms with Gasteiger partial charge in [0.25, 0.3) is 11.8 Å². The fraction of sp³-hybridized carbons (Fsp3) is 0.0476. The van der Waals surface area contributed by atoms with E-state index in [-0.39, 0.29) is 11.6 Å². The molecule has 0 aliphatic carbocycles. The van der Waals surface area contributed by atoms with Crippen molar-refractivity contribution in [3.63, 3.8) is 0 Å². The van der Waals surface area contributed by atoms with Gasteiger partial charge < -0.3 is 15.1 Å². The van der Waals surface area contributed by atoms with Crippen molar-refractivity contribution >= 4 is 33.8 Å². The van der Waals surface area contributed by atoms with Gasteiger partial charge in [0, 0.05) is 22.7 Å². The number of amides is 2. The summed E-state index contributed by atoms with van der Waals surface area (Å²) in [4.78, 5) is 25.1. The van der Waals surface area contributed by atoms with Gasteiger partial charge in [-0.05, 0) is 42.0 Å². The lowest BCUT2D eigenvalue weighted by atomic mass is 10.2. The number of halogens is 1. The molecule has 0 atom stereocenters. The van der Waals surface area contributed by atoms with E-state index in [1.807, 2.05) is 30.3 Å². The Hall–Kier alpha value is -3.12. The zero-order chi connectivity index (χ0) is 19.1. The van der Waals surface area contributed by atoms with E-state index in [0.29, 0.717) is 17.9 Å². The number of rotatable bonds is 6. The van der Waals surface area contributed by atoms with Gasteiger partial charge >= 0.3 is 0 Å². The summed E-state index contributed by atoms with van der Waals surface area (Å²) in [6.07, 6.45) is 3.00. The number of benzene rings is 2.